The van der Waals surface area contributed by atoms with Gasteiger partial charge in [0, 0.05) is 6.42 Å². The number of hydrogen-bond acceptors (Lipinski definition) is 6. The molecule has 0 aliphatic carbocycles. The second-order valence-electron chi connectivity index (χ2n) is 7.44. The summed E-state index contributed by atoms with van der Waals surface area (Å²) in [6, 6.07) is 0. The van der Waals surface area contributed by atoms with Gasteiger partial charge in [0.2, 0.25) is 0 Å². The maximum atomic E-state index is 11.6. The van der Waals surface area contributed by atoms with Crippen LogP contribution in [0, 0.1) is 5.92 Å². The highest BCUT2D eigenvalue weighted by Gasteiger charge is 2.31. The third-order valence-corrected chi connectivity index (χ3v) is 6.61. The van der Waals surface area contributed by atoms with E-state index in [0.29, 0.717) is 32.5 Å². The van der Waals surface area contributed by atoms with Crippen LogP contribution in [-0.4, -0.2) is 52.5 Å². The highest BCUT2D eigenvalue weighted by Crippen LogP contribution is 2.32. The van der Waals surface area contributed by atoms with E-state index in [0.717, 1.165) is 34.7 Å². The van der Waals surface area contributed by atoms with E-state index >= 15 is 0 Å². The van der Waals surface area contributed by atoms with E-state index < -0.39 is 10.1 Å². The minimum Gasteiger partial charge on any atom is -0.370 e. The van der Waals surface area contributed by atoms with Crippen LogP contribution in [0.25, 0.3) is 0 Å². The molecule has 8 heteroatoms. The first-order chi connectivity index (χ1) is 12.6. The van der Waals surface area contributed by atoms with Crippen molar-refractivity contribution in [1.82, 2.24) is 0 Å². The van der Waals surface area contributed by atoms with Gasteiger partial charge >= 0.3 is 0 Å². The summed E-state index contributed by atoms with van der Waals surface area (Å²) in [4.78, 5) is 0. The number of halogens is 1. The van der Waals surface area contributed by atoms with Crippen LogP contribution >= 0.6 is 22.6 Å². The minimum absolute atomic E-state index is 0.0517. The largest absolute Gasteiger partial charge is 0.370 e. The first-order valence-corrected chi connectivity index (χ1v) is 12.3. The Morgan fingerprint density at radius 2 is 1.96 bits per heavy atom. The van der Waals surface area contributed by atoms with Crippen LogP contribution in [0.3, 0.4) is 0 Å². The first kappa shape index (κ1) is 23.3. The van der Waals surface area contributed by atoms with E-state index in [4.69, 9.17) is 18.4 Å². The van der Waals surface area contributed by atoms with Crippen molar-refractivity contribution in [3.05, 3.63) is 22.3 Å². The van der Waals surface area contributed by atoms with Gasteiger partial charge in [0.1, 0.15) is 0 Å². The molecule has 4 atom stereocenters. The third kappa shape index (κ3) is 8.49. The topological polar surface area (TPSA) is 71.1 Å². The van der Waals surface area contributed by atoms with Crippen molar-refractivity contribution in [2.75, 3.05) is 19.5 Å². The van der Waals surface area contributed by atoms with Gasteiger partial charge in [0.15, 0.2) is 6.29 Å². The van der Waals surface area contributed by atoms with Crippen molar-refractivity contribution in [3.8, 4) is 0 Å². The molecule has 0 N–H and O–H groups in total. The lowest BCUT2D eigenvalue weighted by molar-refractivity contribution is -0.0588. The molecule has 0 spiro atoms. The molecule has 2 heterocycles. The van der Waals surface area contributed by atoms with Crippen molar-refractivity contribution >= 4 is 32.7 Å². The zero-order valence-corrected chi connectivity index (χ0v) is 19.2. The summed E-state index contributed by atoms with van der Waals surface area (Å²) in [5.41, 5.74) is 1.07. The Labute approximate surface area is 176 Å². The summed E-state index contributed by atoms with van der Waals surface area (Å²) in [6.45, 7) is 11.4. The lowest BCUT2D eigenvalue weighted by atomic mass is 9.97. The highest BCUT2D eigenvalue weighted by molar-refractivity contribution is 14.1. The molecule has 0 bridgehead atoms. The van der Waals surface area contributed by atoms with Crippen LogP contribution in [0.2, 0.25) is 0 Å². The fraction of sp³-hybridized carbons (Fsp3) is 0.789. The Morgan fingerprint density at radius 3 is 2.56 bits per heavy atom. The highest BCUT2D eigenvalue weighted by atomic mass is 127. The molecule has 0 aromatic heterocycles. The van der Waals surface area contributed by atoms with E-state index in [1.165, 1.54) is 0 Å². The van der Waals surface area contributed by atoms with Crippen LogP contribution in [0.5, 0.6) is 0 Å². The molecule has 0 aromatic rings. The standard InChI is InChI=1S/C19H31IO6S/c1-13(15(3)20)11-17(26-27(4,21)22)5-7-18-14(2)12-16(25-18)6-8-19-23-9-10-24-19/h13,16-19H,2-3,5-12H2,1,4H3/t13-,16+,17-,18+/m1/s1. The molecule has 2 fully saturated rings. The SMILES string of the molecule is C=C(I)[C@H](C)C[C@@H](CC[C@@H]1O[C@@H](CCC2OCCO2)CC1=C)OS(C)(=O)=O. The van der Waals surface area contributed by atoms with Crippen LogP contribution in [0.1, 0.15) is 45.4 Å². The monoisotopic (exact) mass is 514 g/mol. The molecule has 0 radical (unpaired) electrons. The van der Waals surface area contributed by atoms with Crippen LogP contribution in [0.15, 0.2) is 22.3 Å². The van der Waals surface area contributed by atoms with Gasteiger partial charge in [0.25, 0.3) is 10.1 Å². The molecular formula is C19H31IO6S. The van der Waals surface area contributed by atoms with E-state index in [9.17, 15) is 8.42 Å². The van der Waals surface area contributed by atoms with Gasteiger partial charge in [-0.1, -0.05) is 20.1 Å². The Morgan fingerprint density at radius 1 is 1.30 bits per heavy atom. The predicted octanol–water partition coefficient (Wildman–Crippen LogP) is 3.95. The van der Waals surface area contributed by atoms with Gasteiger partial charge in [0.05, 0.1) is 37.8 Å². The maximum absolute atomic E-state index is 11.6. The van der Waals surface area contributed by atoms with Gasteiger partial charge in [-0.3, -0.25) is 4.18 Å². The van der Waals surface area contributed by atoms with Crippen molar-refractivity contribution in [3.63, 3.8) is 0 Å². The van der Waals surface area contributed by atoms with Crippen molar-refractivity contribution in [2.24, 2.45) is 5.92 Å². The van der Waals surface area contributed by atoms with Crippen molar-refractivity contribution in [2.45, 2.75) is 70.1 Å². The first-order valence-electron chi connectivity index (χ1n) is 9.43. The number of rotatable bonds is 11. The van der Waals surface area contributed by atoms with Crippen LogP contribution in [0.4, 0.5) is 0 Å². The molecule has 0 aromatic carbocycles. The van der Waals surface area contributed by atoms with Gasteiger partial charge in [-0.05, 0) is 69.8 Å². The Bertz CT molecular complexity index is 614. The van der Waals surface area contributed by atoms with Crippen molar-refractivity contribution < 1.29 is 26.8 Å². The average Bonchev–Trinajstić information content (AvgIpc) is 3.18. The second kappa shape index (κ2) is 10.7. The maximum Gasteiger partial charge on any atom is 0.264 e. The summed E-state index contributed by atoms with van der Waals surface area (Å²) < 4.78 is 46.6. The Hall–Kier alpha value is 0. The normalized spacial score (nSPS) is 26.4. The summed E-state index contributed by atoms with van der Waals surface area (Å²) in [5, 5.41) is 0. The molecule has 6 nitrogen and oxygen atoms in total. The zero-order valence-electron chi connectivity index (χ0n) is 16.2. The van der Waals surface area contributed by atoms with Crippen molar-refractivity contribution in [1.29, 1.82) is 0 Å². The van der Waals surface area contributed by atoms with Gasteiger partial charge in [-0.25, -0.2) is 0 Å². The third-order valence-electron chi connectivity index (χ3n) is 4.93. The molecular weight excluding hydrogens is 483 g/mol. The molecule has 27 heavy (non-hydrogen) atoms. The zero-order chi connectivity index (χ0) is 20.0. The van der Waals surface area contributed by atoms with E-state index in [1.54, 1.807) is 0 Å². The molecule has 0 unspecified atom stereocenters. The molecule has 0 amide bonds. The van der Waals surface area contributed by atoms with Crippen LogP contribution in [-0.2, 0) is 28.5 Å². The number of allylic oxidation sites excluding steroid dienone is 1. The summed E-state index contributed by atoms with van der Waals surface area (Å²) in [7, 11) is -3.51. The van der Waals surface area contributed by atoms with E-state index in [-0.39, 0.29) is 30.5 Å². The lowest BCUT2D eigenvalue weighted by Crippen LogP contribution is -2.23. The number of hydrogen-bond donors (Lipinski definition) is 0. The van der Waals surface area contributed by atoms with Crippen LogP contribution < -0.4 is 0 Å². The molecule has 2 saturated heterocycles. The Kier molecular flexibility index (Phi) is 9.21. The van der Waals surface area contributed by atoms with E-state index in [2.05, 4.69) is 35.7 Å². The summed E-state index contributed by atoms with van der Waals surface area (Å²) >= 11 is 2.18. The van der Waals surface area contributed by atoms with Gasteiger partial charge < -0.3 is 14.2 Å². The molecule has 2 rings (SSSR count). The second-order valence-corrected chi connectivity index (χ2v) is 10.4. The average molecular weight is 514 g/mol. The molecule has 2 aliphatic heterocycles. The quantitative estimate of drug-likeness (QED) is 0.236. The summed E-state index contributed by atoms with van der Waals surface area (Å²) in [6.07, 6.45) is 5.12. The molecule has 0 saturated carbocycles. The fourth-order valence-electron chi connectivity index (χ4n) is 3.45. The smallest absolute Gasteiger partial charge is 0.264 e. The minimum atomic E-state index is -3.51. The predicted molar refractivity (Wildman–Crippen MR) is 113 cm³/mol. The number of ether oxygens (including phenoxy) is 3. The van der Waals surface area contributed by atoms with Gasteiger partial charge in [-0.2, -0.15) is 8.42 Å². The molecule has 2 aliphatic rings. The lowest BCUT2D eigenvalue weighted by Gasteiger charge is -2.22. The summed E-state index contributed by atoms with van der Waals surface area (Å²) in [5.74, 6) is 0.184. The Balaban J connectivity index is 1.81. The molecule has 156 valence electrons. The van der Waals surface area contributed by atoms with Gasteiger partial charge in [-0.15, -0.1) is 0 Å². The fourth-order valence-corrected chi connectivity index (χ4v) is 4.37. The van der Waals surface area contributed by atoms with E-state index in [1.807, 2.05) is 6.92 Å².